The number of hydrogen-bond acceptors (Lipinski definition) is 5. The largest absolute Gasteiger partial charge is 0.359 e. The van der Waals surface area contributed by atoms with Crippen molar-refractivity contribution in [3.63, 3.8) is 0 Å². The van der Waals surface area contributed by atoms with Gasteiger partial charge < -0.3 is 4.90 Å². The highest BCUT2D eigenvalue weighted by Gasteiger charge is 2.63. The molecule has 0 unspecified atom stereocenters. The van der Waals surface area contributed by atoms with Gasteiger partial charge in [-0.15, -0.1) is 0 Å². The Hall–Kier alpha value is -4.10. The number of Topliss-reactive ketones (excluding diaryl/α,β-unsaturated/α-hetero) is 2. The lowest BCUT2D eigenvalue weighted by Crippen LogP contribution is -2.46. The van der Waals surface area contributed by atoms with Crippen LogP contribution in [0.25, 0.3) is 0 Å². The molecule has 0 aromatic heterocycles. The fourth-order valence-corrected chi connectivity index (χ4v) is 5.83. The summed E-state index contributed by atoms with van der Waals surface area (Å²) in [5.74, 6) is -2.84. The quantitative estimate of drug-likeness (QED) is 0.335. The van der Waals surface area contributed by atoms with Crippen LogP contribution < -0.4 is 4.90 Å². The van der Waals surface area contributed by atoms with Gasteiger partial charge in [-0.1, -0.05) is 82.7 Å². The monoisotopic (exact) mass is 552 g/mol. The van der Waals surface area contributed by atoms with Gasteiger partial charge in [-0.25, -0.2) is 4.90 Å². The van der Waals surface area contributed by atoms with Gasteiger partial charge in [0.1, 0.15) is 6.04 Å². The van der Waals surface area contributed by atoms with E-state index >= 15 is 0 Å². The number of allylic oxidation sites excluding steroid dienone is 2. The maximum Gasteiger partial charge on any atom is 0.240 e. The number of amides is 2. The first-order valence-electron chi connectivity index (χ1n) is 12.0. The summed E-state index contributed by atoms with van der Waals surface area (Å²) in [5, 5.41) is 0. The van der Waals surface area contributed by atoms with Gasteiger partial charge in [0.2, 0.25) is 11.8 Å². The van der Waals surface area contributed by atoms with Crippen LogP contribution in [0, 0.1) is 11.8 Å². The van der Waals surface area contributed by atoms with E-state index in [9.17, 15) is 19.2 Å². The maximum atomic E-state index is 13.8. The van der Waals surface area contributed by atoms with E-state index in [1.54, 1.807) is 96.0 Å². The lowest BCUT2D eigenvalue weighted by Gasteiger charge is -2.32. The first kappa shape index (κ1) is 23.3. The van der Waals surface area contributed by atoms with E-state index in [-0.39, 0.29) is 17.5 Å². The van der Waals surface area contributed by atoms with Crippen molar-refractivity contribution in [3.8, 4) is 0 Å². The van der Waals surface area contributed by atoms with Crippen molar-refractivity contribution in [1.29, 1.82) is 0 Å². The molecule has 2 saturated heterocycles. The van der Waals surface area contributed by atoms with Gasteiger partial charge in [0.25, 0.3) is 0 Å². The zero-order chi connectivity index (χ0) is 25.7. The molecule has 0 bridgehead atoms. The Balaban J connectivity index is 1.43. The summed E-state index contributed by atoms with van der Waals surface area (Å²) in [7, 11) is 0. The Kier molecular flexibility index (Phi) is 5.72. The van der Waals surface area contributed by atoms with Gasteiger partial charge in [-0.3, -0.25) is 19.2 Å². The summed E-state index contributed by atoms with van der Waals surface area (Å²) < 4.78 is 0.832. The van der Waals surface area contributed by atoms with Crippen LogP contribution in [0.2, 0.25) is 0 Å². The predicted octanol–water partition coefficient (Wildman–Crippen LogP) is 4.83. The van der Waals surface area contributed by atoms with Crippen molar-refractivity contribution in [2.45, 2.75) is 12.1 Å². The van der Waals surface area contributed by atoms with Gasteiger partial charge >= 0.3 is 0 Å². The lowest BCUT2D eigenvalue weighted by molar-refractivity contribution is -0.123. The Morgan fingerprint density at radius 3 is 2.03 bits per heavy atom. The predicted molar refractivity (Wildman–Crippen MR) is 142 cm³/mol. The molecular weight excluding hydrogens is 532 g/mol. The average molecular weight is 553 g/mol. The number of imide groups is 1. The minimum atomic E-state index is -0.874. The molecule has 0 aliphatic carbocycles. The molecule has 0 saturated carbocycles. The van der Waals surface area contributed by atoms with E-state index in [1.165, 1.54) is 4.90 Å². The van der Waals surface area contributed by atoms with E-state index in [0.29, 0.717) is 22.4 Å². The van der Waals surface area contributed by atoms with Crippen molar-refractivity contribution in [3.05, 3.63) is 124 Å². The first-order chi connectivity index (χ1) is 18.0. The maximum absolute atomic E-state index is 13.8. The van der Waals surface area contributed by atoms with Crippen LogP contribution in [0.4, 0.5) is 5.69 Å². The molecule has 2 amide bonds. The second-order valence-corrected chi connectivity index (χ2v) is 10.2. The molecular formula is C30H21BrN2O4. The number of hydrogen-bond donors (Lipinski definition) is 0. The zero-order valence-electron chi connectivity index (χ0n) is 19.5. The summed E-state index contributed by atoms with van der Waals surface area (Å²) in [5.41, 5.74) is 1.89. The van der Waals surface area contributed by atoms with Crippen LogP contribution in [0.3, 0.4) is 0 Å². The molecule has 37 heavy (non-hydrogen) atoms. The molecule has 6 nitrogen and oxygen atoms in total. The Morgan fingerprint density at radius 2 is 1.35 bits per heavy atom. The summed E-state index contributed by atoms with van der Waals surface area (Å²) in [6.45, 7) is 0. The molecule has 7 heteroatoms. The van der Waals surface area contributed by atoms with E-state index in [2.05, 4.69) is 15.9 Å². The molecule has 3 aliphatic rings. The molecule has 0 spiro atoms. The fraction of sp³-hybridized carbons (Fsp3) is 0.133. The van der Waals surface area contributed by atoms with Crippen molar-refractivity contribution in [2.24, 2.45) is 11.8 Å². The number of ketones is 2. The molecule has 6 rings (SSSR count). The Labute approximate surface area is 222 Å². The van der Waals surface area contributed by atoms with Gasteiger partial charge in [-0.05, 0) is 30.3 Å². The molecule has 3 aromatic carbocycles. The molecule has 2 fully saturated rings. The van der Waals surface area contributed by atoms with Gasteiger partial charge in [0, 0.05) is 27.4 Å². The molecule has 0 radical (unpaired) electrons. The van der Waals surface area contributed by atoms with Gasteiger partial charge in [0.05, 0.1) is 23.6 Å². The Morgan fingerprint density at radius 1 is 0.730 bits per heavy atom. The lowest BCUT2D eigenvalue weighted by atomic mass is 9.85. The van der Waals surface area contributed by atoms with Crippen LogP contribution in [-0.4, -0.2) is 40.4 Å². The van der Waals surface area contributed by atoms with Gasteiger partial charge in [-0.2, -0.15) is 0 Å². The van der Waals surface area contributed by atoms with E-state index in [4.69, 9.17) is 0 Å². The van der Waals surface area contributed by atoms with E-state index in [0.717, 1.165) is 4.47 Å². The highest BCUT2D eigenvalue weighted by atomic mass is 79.9. The molecule has 182 valence electrons. The van der Waals surface area contributed by atoms with Crippen LogP contribution in [0.15, 0.2) is 113 Å². The van der Waals surface area contributed by atoms with Crippen LogP contribution in [-0.2, 0) is 9.59 Å². The van der Waals surface area contributed by atoms with Crippen molar-refractivity contribution in [1.82, 2.24) is 4.90 Å². The zero-order valence-corrected chi connectivity index (χ0v) is 21.1. The smallest absolute Gasteiger partial charge is 0.240 e. The number of halogens is 1. The molecule has 3 aliphatic heterocycles. The summed E-state index contributed by atoms with van der Waals surface area (Å²) in [4.78, 5) is 57.6. The SMILES string of the molecule is O=C(C1=C[C@H]2[C@@H]3C(=O)N(c4ccccc4)C(=O)[C@@H]3[C@H](C(=O)c3ccc(Br)cc3)N2C=C1)c1ccccc1. The van der Waals surface area contributed by atoms with Crippen molar-refractivity contribution < 1.29 is 19.2 Å². The topological polar surface area (TPSA) is 74.8 Å². The average Bonchev–Trinajstić information content (AvgIpc) is 3.40. The minimum Gasteiger partial charge on any atom is -0.359 e. The second-order valence-electron chi connectivity index (χ2n) is 9.29. The third kappa shape index (κ3) is 3.78. The molecule has 4 atom stereocenters. The van der Waals surface area contributed by atoms with Crippen molar-refractivity contribution >= 4 is 45.0 Å². The van der Waals surface area contributed by atoms with Crippen LogP contribution >= 0.6 is 15.9 Å². The Bertz CT molecular complexity index is 1480. The number of carbonyl (C=O) groups excluding carboxylic acids is 4. The highest BCUT2D eigenvalue weighted by molar-refractivity contribution is 9.10. The van der Waals surface area contributed by atoms with Gasteiger partial charge in [0.15, 0.2) is 11.6 Å². The van der Waals surface area contributed by atoms with Crippen LogP contribution in [0.5, 0.6) is 0 Å². The van der Waals surface area contributed by atoms with E-state index < -0.39 is 29.8 Å². The number of rotatable bonds is 5. The standard InChI is InChI=1S/C30H21BrN2O4/c31-21-13-11-19(12-14-21)28(35)26-25-24(29(36)33(30(25)37)22-9-5-2-6-10-22)23-17-20(15-16-32(23)26)27(34)18-7-3-1-4-8-18/h1-17,23-26H/t23-,24-,25-,26+/m0/s1. The highest BCUT2D eigenvalue weighted by Crippen LogP contribution is 2.47. The summed E-state index contributed by atoms with van der Waals surface area (Å²) in [6, 6.07) is 23.1. The number of nitrogens with zero attached hydrogens (tertiary/aromatic N) is 2. The molecule has 3 aromatic rings. The van der Waals surface area contributed by atoms with Crippen LogP contribution in [0.1, 0.15) is 20.7 Å². The minimum absolute atomic E-state index is 0.174. The number of para-hydroxylation sites is 1. The van der Waals surface area contributed by atoms with E-state index in [1.807, 2.05) is 12.1 Å². The third-order valence-electron chi connectivity index (χ3n) is 7.26. The third-order valence-corrected chi connectivity index (χ3v) is 7.79. The first-order valence-corrected chi connectivity index (χ1v) is 12.7. The molecule has 0 N–H and O–H groups in total. The second kappa shape index (κ2) is 9.09. The summed E-state index contributed by atoms with van der Waals surface area (Å²) >= 11 is 3.39. The number of anilines is 1. The van der Waals surface area contributed by atoms with Crippen molar-refractivity contribution in [2.75, 3.05) is 4.90 Å². The fourth-order valence-electron chi connectivity index (χ4n) is 5.57. The number of fused-ring (bicyclic) bond motifs is 3. The number of benzene rings is 3. The molecule has 3 heterocycles. The normalized spacial score (nSPS) is 24.1. The summed E-state index contributed by atoms with van der Waals surface area (Å²) in [6.07, 6.45) is 5.09. The number of carbonyl (C=O) groups is 4.